The highest BCUT2D eigenvalue weighted by molar-refractivity contribution is 14.1. The highest BCUT2D eigenvalue weighted by Gasteiger charge is 2.25. The van der Waals surface area contributed by atoms with Crippen molar-refractivity contribution < 1.29 is 4.79 Å². The maximum atomic E-state index is 12.4. The maximum absolute atomic E-state index is 12.4. The molecular formula is C19H20ClIN2O. The van der Waals surface area contributed by atoms with E-state index in [2.05, 4.69) is 38.9 Å². The van der Waals surface area contributed by atoms with Gasteiger partial charge in [0, 0.05) is 26.7 Å². The zero-order chi connectivity index (χ0) is 16.9. The number of benzene rings is 2. The number of amides is 1. The van der Waals surface area contributed by atoms with E-state index in [1.165, 1.54) is 9.13 Å². The fourth-order valence-corrected chi connectivity index (χ4v) is 3.60. The van der Waals surface area contributed by atoms with Gasteiger partial charge in [0.2, 0.25) is 5.91 Å². The van der Waals surface area contributed by atoms with Crippen LogP contribution in [0.1, 0.15) is 18.4 Å². The van der Waals surface area contributed by atoms with E-state index in [1.807, 2.05) is 42.5 Å². The third kappa shape index (κ3) is 4.94. The number of halogens is 2. The minimum Gasteiger partial charge on any atom is -0.326 e. The zero-order valence-corrected chi connectivity index (χ0v) is 16.3. The summed E-state index contributed by atoms with van der Waals surface area (Å²) in [6.07, 6.45) is 1.80. The van der Waals surface area contributed by atoms with Crippen LogP contribution in [-0.2, 0) is 11.3 Å². The van der Waals surface area contributed by atoms with Gasteiger partial charge < -0.3 is 5.32 Å². The van der Waals surface area contributed by atoms with E-state index in [4.69, 9.17) is 11.6 Å². The van der Waals surface area contributed by atoms with E-state index in [1.54, 1.807) is 0 Å². The summed E-state index contributed by atoms with van der Waals surface area (Å²) in [7, 11) is 0. The van der Waals surface area contributed by atoms with Crippen LogP contribution < -0.4 is 5.32 Å². The number of piperidine rings is 1. The molecule has 1 heterocycles. The highest BCUT2D eigenvalue weighted by atomic mass is 127. The molecule has 0 radical (unpaired) electrons. The summed E-state index contributed by atoms with van der Waals surface area (Å²) in [6, 6.07) is 15.9. The zero-order valence-electron chi connectivity index (χ0n) is 13.3. The summed E-state index contributed by atoms with van der Waals surface area (Å²) in [6.45, 7) is 2.78. The molecule has 0 atom stereocenters. The Morgan fingerprint density at radius 1 is 1.17 bits per heavy atom. The summed E-state index contributed by atoms with van der Waals surface area (Å²) in [5.74, 6) is 0.235. The Kier molecular flexibility index (Phi) is 6.14. The molecule has 1 fully saturated rings. The van der Waals surface area contributed by atoms with Crippen molar-refractivity contribution in [1.82, 2.24) is 4.90 Å². The van der Waals surface area contributed by atoms with Gasteiger partial charge in [-0.1, -0.05) is 23.7 Å². The number of likely N-dealkylation sites (tertiary alicyclic amines) is 1. The number of nitrogens with zero attached hydrogens (tertiary/aromatic N) is 1. The Balaban J connectivity index is 1.49. The predicted molar refractivity (Wildman–Crippen MR) is 107 cm³/mol. The average molecular weight is 455 g/mol. The number of nitrogens with one attached hydrogen (secondary N) is 1. The van der Waals surface area contributed by atoms with E-state index in [0.29, 0.717) is 0 Å². The second kappa shape index (κ2) is 8.32. The average Bonchev–Trinajstić information content (AvgIpc) is 2.57. The van der Waals surface area contributed by atoms with Crippen molar-refractivity contribution in [3.8, 4) is 0 Å². The third-order valence-corrected chi connectivity index (χ3v) is 5.32. The van der Waals surface area contributed by atoms with Crippen molar-refractivity contribution in [2.45, 2.75) is 19.4 Å². The molecular weight excluding hydrogens is 435 g/mol. The lowest BCUT2D eigenvalue weighted by Crippen LogP contribution is -2.37. The Hall–Kier alpha value is -1.11. The fourth-order valence-electron chi connectivity index (χ4n) is 3.02. The molecule has 0 spiro atoms. The van der Waals surface area contributed by atoms with Gasteiger partial charge in [0.15, 0.2) is 0 Å². The SMILES string of the molecule is O=C(Nc1ccc(I)cc1)C1CCN(Cc2cccc(Cl)c2)CC1. The van der Waals surface area contributed by atoms with E-state index >= 15 is 0 Å². The first-order chi connectivity index (χ1) is 11.6. The number of carbonyl (C=O) groups excluding carboxylic acids is 1. The molecule has 5 heteroatoms. The first-order valence-electron chi connectivity index (χ1n) is 8.13. The molecule has 0 aliphatic carbocycles. The molecule has 0 saturated carbocycles. The highest BCUT2D eigenvalue weighted by Crippen LogP contribution is 2.22. The van der Waals surface area contributed by atoms with Gasteiger partial charge in [-0.2, -0.15) is 0 Å². The molecule has 24 heavy (non-hydrogen) atoms. The fraction of sp³-hybridized carbons (Fsp3) is 0.316. The summed E-state index contributed by atoms with van der Waals surface area (Å²) in [4.78, 5) is 14.8. The number of anilines is 1. The van der Waals surface area contributed by atoms with Crippen molar-refractivity contribution in [3.05, 3.63) is 62.7 Å². The van der Waals surface area contributed by atoms with Gasteiger partial charge in [0.1, 0.15) is 0 Å². The van der Waals surface area contributed by atoms with Gasteiger partial charge in [-0.15, -0.1) is 0 Å². The lowest BCUT2D eigenvalue weighted by atomic mass is 9.95. The Morgan fingerprint density at radius 3 is 2.54 bits per heavy atom. The number of carbonyl (C=O) groups is 1. The summed E-state index contributed by atoms with van der Waals surface area (Å²) in [5, 5.41) is 3.81. The van der Waals surface area contributed by atoms with Crippen LogP contribution in [0.25, 0.3) is 0 Å². The van der Waals surface area contributed by atoms with E-state index in [-0.39, 0.29) is 11.8 Å². The van der Waals surface area contributed by atoms with Gasteiger partial charge in [0.25, 0.3) is 0 Å². The molecule has 1 N–H and O–H groups in total. The number of hydrogen-bond donors (Lipinski definition) is 1. The van der Waals surface area contributed by atoms with Gasteiger partial charge in [-0.25, -0.2) is 0 Å². The Morgan fingerprint density at radius 2 is 1.88 bits per heavy atom. The minimum atomic E-state index is 0.0971. The monoisotopic (exact) mass is 454 g/mol. The summed E-state index contributed by atoms with van der Waals surface area (Å²) >= 11 is 8.30. The van der Waals surface area contributed by atoms with Crippen LogP contribution in [-0.4, -0.2) is 23.9 Å². The van der Waals surface area contributed by atoms with E-state index < -0.39 is 0 Å². The molecule has 0 bridgehead atoms. The largest absolute Gasteiger partial charge is 0.326 e. The van der Waals surface area contributed by atoms with Crippen molar-refractivity contribution in [3.63, 3.8) is 0 Å². The lowest BCUT2D eigenvalue weighted by molar-refractivity contribution is -0.121. The van der Waals surface area contributed by atoms with E-state index in [0.717, 1.165) is 43.2 Å². The van der Waals surface area contributed by atoms with Gasteiger partial charge in [-0.05, 0) is 90.5 Å². The van der Waals surface area contributed by atoms with Crippen LogP contribution in [0.15, 0.2) is 48.5 Å². The van der Waals surface area contributed by atoms with Crippen molar-refractivity contribution >= 4 is 45.8 Å². The summed E-state index contributed by atoms with van der Waals surface area (Å²) < 4.78 is 1.17. The molecule has 126 valence electrons. The molecule has 0 unspecified atom stereocenters. The summed E-state index contributed by atoms with van der Waals surface area (Å²) in [5.41, 5.74) is 2.10. The molecule has 1 saturated heterocycles. The molecule has 3 rings (SSSR count). The molecule has 1 aliphatic rings. The Labute approximate surface area is 161 Å². The van der Waals surface area contributed by atoms with Crippen LogP contribution in [0.2, 0.25) is 5.02 Å². The predicted octanol–water partition coefficient (Wildman–Crippen LogP) is 4.80. The smallest absolute Gasteiger partial charge is 0.227 e. The Bertz CT molecular complexity index is 697. The molecule has 0 aromatic heterocycles. The van der Waals surface area contributed by atoms with Crippen LogP contribution in [0, 0.1) is 9.49 Å². The van der Waals surface area contributed by atoms with Crippen molar-refractivity contribution in [2.24, 2.45) is 5.92 Å². The second-order valence-electron chi connectivity index (χ2n) is 6.18. The van der Waals surface area contributed by atoms with Crippen LogP contribution >= 0.6 is 34.2 Å². The molecule has 1 amide bonds. The second-order valence-corrected chi connectivity index (χ2v) is 7.86. The van der Waals surface area contributed by atoms with Gasteiger partial charge in [-0.3, -0.25) is 9.69 Å². The lowest BCUT2D eigenvalue weighted by Gasteiger charge is -2.31. The van der Waals surface area contributed by atoms with Crippen molar-refractivity contribution in [2.75, 3.05) is 18.4 Å². The van der Waals surface area contributed by atoms with Crippen LogP contribution in [0.4, 0.5) is 5.69 Å². The standard InChI is InChI=1S/C19H20ClIN2O/c20-16-3-1-2-14(12-16)13-23-10-8-15(9-11-23)19(24)22-18-6-4-17(21)5-7-18/h1-7,12,15H,8-11,13H2,(H,22,24). The third-order valence-electron chi connectivity index (χ3n) is 4.37. The number of hydrogen-bond acceptors (Lipinski definition) is 2. The molecule has 3 nitrogen and oxygen atoms in total. The molecule has 2 aromatic carbocycles. The molecule has 1 aliphatic heterocycles. The first kappa shape index (κ1) is 17.7. The minimum absolute atomic E-state index is 0.0971. The normalized spacial score (nSPS) is 16.1. The van der Waals surface area contributed by atoms with E-state index in [9.17, 15) is 4.79 Å². The maximum Gasteiger partial charge on any atom is 0.227 e. The quantitative estimate of drug-likeness (QED) is 0.674. The van der Waals surface area contributed by atoms with Crippen molar-refractivity contribution in [1.29, 1.82) is 0 Å². The topological polar surface area (TPSA) is 32.3 Å². The van der Waals surface area contributed by atoms with Crippen LogP contribution in [0.3, 0.4) is 0 Å². The van der Waals surface area contributed by atoms with Gasteiger partial charge >= 0.3 is 0 Å². The molecule has 2 aromatic rings. The van der Waals surface area contributed by atoms with Crippen LogP contribution in [0.5, 0.6) is 0 Å². The van der Waals surface area contributed by atoms with Gasteiger partial charge in [0.05, 0.1) is 0 Å². The number of rotatable bonds is 4. The first-order valence-corrected chi connectivity index (χ1v) is 9.59.